The minimum atomic E-state index is -1.06. The summed E-state index contributed by atoms with van der Waals surface area (Å²) in [5, 5.41) is 14.1. The van der Waals surface area contributed by atoms with Crippen molar-refractivity contribution in [3.05, 3.63) is 69.7 Å². The number of carbonyl (C=O) groups excluding carboxylic acids is 2. The number of aryl methyl sites for hydroxylation is 1. The second-order valence-corrected chi connectivity index (χ2v) is 8.33. The first-order valence-corrected chi connectivity index (χ1v) is 11.0. The van der Waals surface area contributed by atoms with Crippen LogP contribution in [0.25, 0.3) is 0 Å². The van der Waals surface area contributed by atoms with Gasteiger partial charge in [0, 0.05) is 24.0 Å². The fraction of sp³-hybridized carbons (Fsp3) is 0.273. The molecule has 2 aromatic carbocycles. The van der Waals surface area contributed by atoms with E-state index in [2.05, 4.69) is 20.8 Å². The van der Waals surface area contributed by atoms with Gasteiger partial charge in [0.25, 0.3) is 5.91 Å². The molecule has 3 aromatic rings. The van der Waals surface area contributed by atoms with Crippen LogP contribution in [0.3, 0.4) is 0 Å². The molecule has 0 unspecified atom stereocenters. The lowest BCUT2D eigenvalue weighted by Gasteiger charge is -2.23. The van der Waals surface area contributed by atoms with Crippen molar-refractivity contribution in [1.29, 1.82) is 0 Å². The zero-order chi connectivity index (χ0) is 22.7. The summed E-state index contributed by atoms with van der Waals surface area (Å²) >= 11 is 1.08. The summed E-state index contributed by atoms with van der Waals surface area (Å²) in [6, 6.07) is 10.2. The number of aromatic nitrogens is 2. The Balaban J connectivity index is 1.46. The molecule has 1 fully saturated rings. The third kappa shape index (κ3) is 4.59. The second kappa shape index (κ2) is 9.39. The number of benzene rings is 2. The van der Waals surface area contributed by atoms with Crippen molar-refractivity contribution in [3.8, 4) is 0 Å². The summed E-state index contributed by atoms with van der Waals surface area (Å²) in [5.41, 5.74) is 1.93. The van der Waals surface area contributed by atoms with Gasteiger partial charge in [-0.2, -0.15) is 0 Å². The van der Waals surface area contributed by atoms with E-state index in [0.717, 1.165) is 47.6 Å². The fourth-order valence-corrected chi connectivity index (χ4v) is 4.51. The standard InChI is InChI=1S/C22H21F2N5O2S/c1-2-13-6-3-4-7-17(13)26-22(31)29-11-5-8-18(29)20-27-28-21(32-20)19(30)25-14-9-10-15(23)16(24)12-14/h3-4,6-7,9-10,12,18H,2,5,8,11H2,1H3,(H,25,30)(H,26,31)/t18-/m1/s1. The summed E-state index contributed by atoms with van der Waals surface area (Å²) in [4.78, 5) is 27.1. The number of halogens is 2. The molecule has 7 nitrogen and oxygen atoms in total. The van der Waals surface area contributed by atoms with Crippen molar-refractivity contribution < 1.29 is 18.4 Å². The number of carbonyl (C=O) groups is 2. The highest BCUT2D eigenvalue weighted by atomic mass is 32.1. The maximum Gasteiger partial charge on any atom is 0.322 e. The van der Waals surface area contributed by atoms with Crippen LogP contribution >= 0.6 is 11.3 Å². The van der Waals surface area contributed by atoms with Crippen LogP contribution in [-0.2, 0) is 6.42 Å². The van der Waals surface area contributed by atoms with E-state index >= 15 is 0 Å². The van der Waals surface area contributed by atoms with E-state index < -0.39 is 17.5 Å². The zero-order valence-corrected chi connectivity index (χ0v) is 18.1. The van der Waals surface area contributed by atoms with E-state index in [1.54, 1.807) is 4.90 Å². The van der Waals surface area contributed by atoms with Gasteiger partial charge in [-0.05, 0) is 43.0 Å². The van der Waals surface area contributed by atoms with Gasteiger partial charge in [-0.25, -0.2) is 13.6 Å². The number of nitrogens with zero attached hydrogens (tertiary/aromatic N) is 3. The quantitative estimate of drug-likeness (QED) is 0.565. The summed E-state index contributed by atoms with van der Waals surface area (Å²) in [7, 11) is 0. The van der Waals surface area contributed by atoms with E-state index in [0.29, 0.717) is 18.0 Å². The maximum atomic E-state index is 13.4. The summed E-state index contributed by atoms with van der Waals surface area (Å²) < 4.78 is 26.4. The number of anilines is 2. The Morgan fingerprint density at radius 2 is 1.94 bits per heavy atom. The zero-order valence-electron chi connectivity index (χ0n) is 17.3. The van der Waals surface area contributed by atoms with E-state index in [1.807, 2.05) is 31.2 Å². The largest absolute Gasteiger partial charge is 0.322 e. The molecule has 166 valence electrons. The molecular formula is C22H21F2N5O2S. The first-order valence-electron chi connectivity index (χ1n) is 10.2. The van der Waals surface area contributed by atoms with Crippen LogP contribution in [0.2, 0.25) is 0 Å². The van der Waals surface area contributed by atoms with Crippen LogP contribution in [0.4, 0.5) is 25.0 Å². The van der Waals surface area contributed by atoms with Crippen molar-refractivity contribution >= 4 is 34.6 Å². The lowest BCUT2D eigenvalue weighted by atomic mass is 10.1. The topological polar surface area (TPSA) is 87.2 Å². The molecule has 1 aliphatic rings. The highest BCUT2D eigenvalue weighted by molar-refractivity contribution is 7.13. The number of rotatable bonds is 5. The average Bonchev–Trinajstić information content (AvgIpc) is 3.46. The molecule has 2 N–H and O–H groups in total. The molecule has 0 spiro atoms. The molecule has 1 saturated heterocycles. The van der Waals surface area contributed by atoms with Crippen molar-refractivity contribution in [1.82, 2.24) is 15.1 Å². The smallest absolute Gasteiger partial charge is 0.320 e. The molecule has 0 aliphatic carbocycles. The monoisotopic (exact) mass is 457 g/mol. The lowest BCUT2D eigenvalue weighted by Crippen LogP contribution is -2.34. The molecule has 0 saturated carbocycles. The van der Waals surface area contributed by atoms with Gasteiger partial charge in [0.1, 0.15) is 5.01 Å². The number of nitrogens with one attached hydrogen (secondary N) is 2. The van der Waals surface area contributed by atoms with Gasteiger partial charge >= 0.3 is 6.03 Å². The van der Waals surface area contributed by atoms with Gasteiger partial charge in [0.2, 0.25) is 5.01 Å². The van der Waals surface area contributed by atoms with Gasteiger partial charge in [-0.15, -0.1) is 10.2 Å². The second-order valence-electron chi connectivity index (χ2n) is 7.32. The number of hydrogen-bond donors (Lipinski definition) is 2. The molecule has 3 amide bonds. The third-order valence-corrected chi connectivity index (χ3v) is 6.27. The van der Waals surface area contributed by atoms with Gasteiger partial charge < -0.3 is 15.5 Å². The van der Waals surface area contributed by atoms with Crippen LogP contribution in [0, 0.1) is 11.6 Å². The van der Waals surface area contributed by atoms with E-state index in [-0.39, 0.29) is 22.8 Å². The summed E-state index contributed by atoms with van der Waals surface area (Å²) in [5.74, 6) is -2.63. The molecule has 1 atom stereocenters. The first kappa shape index (κ1) is 21.8. The van der Waals surface area contributed by atoms with E-state index in [1.165, 1.54) is 6.07 Å². The van der Waals surface area contributed by atoms with Crippen molar-refractivity contribution in [2.75, 3.05) is 17.2 Å². The highest BCUT2D eigenvalue weighted by Crippen LogP contribution is 2.34. The van der Waals surface area contributed by atoms with Crippen molar-refractivity contribution in [2.24, 2.45) is 0 Å². The Kier molecular flexibility index (Phi) is 6.40. The number of hydrogen-bond acceptors (Lipinski definition) is 5. The Bertz CT molecular complexity index is 1150. The van der Waals surface area contributed by atoms with E-state index in [9.17, 15) is 18.4 Å². The molecule has 10 heteroatoms. The molecule has 0 radical (unpaired) electrons. The molecule has 2 heterocycles. The summed E-state index contributed by atoms with van der Waals surface area (Å²) in [6.07, 6.45) is 2.32. The van der Waals surface area contributed by atoms with Gasteiger partial charge in [0.15, 0.2) is 11.6 Å². The fourth-order valence-electron chi connectivity index (χ4n) is 3.62. The molecule has 0 bridgehead atoms. The van der Waals surface area contributed by atoms with Crippen LogP contribution in [0.1, 0.15) is 46.2 Å². The normalized spacial score (nSPS) is 15.6. The lowest BCUT2D eigenvalue weighted by molar-refractivity contribution is 0.102. The predicted molar refractivity (Wildman–Crippen MR) is 118 cm³/mol. The molecule has 32 heavy (non-hydrogen) atoms. The third-order valence-electron chi connectivity index (χ3n) is 5.25. The Hall–Kier alpha value is -3.40. The molecular weight excluding hydrogens is 436 g/mol. The van der Waals surface area contributed by atoms with Gasteiger partial charge in [-0.1, -0.05) is 36.5 Å². The summed E-state index contributed by atoms with van der Waals surface area (Å²) in [6.45, 7) is 2.60. The first-order chi connectivity index (χ1) is 15.5. The van der Waals surface area contributed by atoms with Gasteiger partial charge in [0.05, 0.1) is 6.04 Å². The van der Waals surface area contributed by atoms with Crippen LogP contribution in [0.5, 0.6) is 0 Å². The molecule has 1 aromatic heterocycles. The van der Waals surface area contributed by atoms with Gasteiger partial charge in [-0.3, -0.25) is 4.79 Å². The average molecular weight is 458 g/mol. The number of amides is 3. The minimum absolute atomic E-state index is 0.0771. The van der Waals surface area contributed by atoms with Crippen LogP contribution < -0.4 is 10.6 Å². The number of urea groups is 1. The number of para-hydroxylation sites is 1. The van der Waals surface area contributed by atoms with Crippen LogP contribution in [0.15, 0.2) is 42.5 Å². The van der Waals surface area contributed by atoms with Crippen molar-refractivity contribution in [3.63, 3.8) is 0 Å². The number of likely N-dealkylation sites (tertiary alicyclic amines) is 1. The Morgan fingerprint density at radius 1 is 1.12 bits per heavy atom. The molecule has 1 aliphatic heterocycles. The van der Waals surface area contributed by atoms with Crippen LogP contribution in [-0.4, -0.2) is 33.6 Å². The predicted octanol–water partition coefficient (Wildman–Crippen LogP) is 5.00. The Labute approximate surface area is 187 Å². The van der Waals surface area contributed by atoms with Crippen molar-refractivity contribution in [2.45, 2.75) is 32.2 Å². The molecule has 4 rings (SSSR count). The minimum Gasteiger partial charge on any atom is -0.320 e. The maximum absolute atomic E-state index is 13.4. The Morgan fingerprint density at radius 3 is 2.72 bits per heavy atom. The van der Waals surface area contributed by atoms with E-state index in [4.69, 9.17) is 0 Å². The SMILES string of the molecule is CCc1ccccc1NC(=O)N1CCC[C@@H]1c1nnc(C(=O)Nc2ccc(F)c(F)c2)s1. The highest BCUT2D eigenvalue weighted by Gasteiger charge is 2.33.